The van der Waals surface area contributed by atoms with Gasteiger partial charge in [0, 0.05) is 50.6 Å². The molecule has 0 spiro atoms. The Kier molecular flexibility index (Phi) is 5.31. The molecule has 1 aromatic carbocycles. The van der Waals surface area contributed by atoms with Gasteiger partial charge in [0.2, 0.25) is 0 Å². The number of hydrogen-bond donors (Lipinski definition) is 0. The smallest absolute Gasteiger partial charge is 0.354 e. The SMILES string of the molecule is C[C@@H](c1cccc([N+](=O)[O-])c1)N1CCN(c2ccc(C(F)(F)F)cn2)CC1. The van der Waals surface area contributed by atoms with Crippen LogP contribution in [0, 0.1) is 10.1 Å². The number of piperazine rings is 1. The average Bonchev–Trinajstić information content (AvgIpc) is 2.67. The molecule has 0 saturated carbocycles. The molecular weight excluding hydrogens is 361 g/mol. The summed E-state index contributed by atoms with van der Waals surface area (Å²) in [7, 11) is 0. The highest BCUT2D eigenvalue weighted by Crippen LogP contribution is 2.30. The van der Waals surface area contributed by atoms with Crippen LogP contribution in [0.1, 0.15) is 24.1 Å². The number of nitrogens with zero attached hydrogens (tertiary/aromatic N) is 4. The van der Waals surface area contributed by atoms with Crippen molar-refractivity contribution in [2.75, 3.05) is 31.1 Å². The number of hydrogen-bond acceptors (Lipinski definition) is 5. The molecule has 0 unspecified atom stereocenters. The number of rotatable bonds is 4. The summed E-state index contributed by atoms with van der Waals surface area (Å²) in [6.45, 7) is 4.61. The van der Waals surface area contributed by atoms with Crippen LogP contribution in [-0.2, 0) is 6.18 Å². The van der Waals surface area contributed by atoms with Crippen molar-refractivity contribution in [2.45, 2.75) is 19.1 Å². The van der Waals surface area contributed by atoms with E-state index in [0.29, 0.717) is 32.0 Å². The molecule has 2 aromatic rings. The second-order valence-electron chi connectivity index (χ2n) is 6.45. The Labute approximate surface area is 154 Å². The molecule has 6 nitrogen and oxygen atoms in total. The highest BCUT2D eigenvalue weighted by atomic mass is 19.4. The molecular formula is C18H19F3N4O2. The van der Waals surface area contributed by atoms with E-state index in [1.165, 1.54) is 12.1 Å². The fraction of sp³-hybridized carbons (Fsp3) is 0.389. The number of non-ortho nitro benzene ring substituents is 1. The van der Waals surface area contributed by atoms with Crippen molar-refractivity contribution < 1.29 is 18.1 Å². The molecule has 1 aromatic heterocycles. The standard InChI is InChI=1S/C18H19F3N4O2/c1-13(14-3-2-4-16(11-14)25(26)27)23-7-9-24(10-8-23)17-6-5-15(12-22-17)18(19,20)21/h2-6,11-13H,7-10H2,1H3/t13-/m0/s1. The van der Waals surface area contributed by atoms with E-state index in [-0.39, 0.29) is 11.7 Å². The zero-order valence-corrected chi connectivity index (χ0v) is 14.7. The summed E-state index contributed by atoms with van der Waals surface area (Å²) in [6, 6.07) is 9.02. The fourth-order valence-corrected chi connectivity index (χ4v) is 3.19. The topological polar surface area (TPSA) is 62.5 Å². The Bertz CT molecular complexity index is 803. The summed E-state index contributed by atoms with van der Waals surface area (Å²) >= 11 is 0. The molecule has 1 aliphatic heterocycles. The lowest BCUT2D eigenvalue weighted by atomic mass is 10.1. The van der Waals surface area contributed by atoms with Gasteiger partial charge in [0.15, 0.2) is 0 Å². The van der Waals surface area contributed by atoms with E-state index in [1.54, 1.807) is 12.1 Å². The van der Waals surface area contributed by atoms with Gasteiger partial charge in [-0.05, 0) is 24.6 Å². The molecule has 27 heavy (non-hydrogen) atoms. The lowest BCUT2D eigenvalue weighted by molar-refractivity contribution is -0.385. The lowest BCUT2D eigenvalue weighted by Gasteiger charge is -2.38. The molecule has 0 radical (unpaired) electrons. The highest BCUT2D eigenvalue weighted by molar-refractivity contribution is 5.41. The summed E-state index contributed by atoms with van der Waals surface area (Å²) in [4.78, 5) is 18.6. The summed E-state index contributed by atoms with van der Waals surface area (Å²) in [5.74, 6) is 0.519. The second-order valence-corrected chi connectivity index (χ2v) is 6.45. The number of nitro benzene ring substituents is 1. The van der Waals surface area contributed by atoms with Gasteiger partial charge in [-0.1, -0.05) is 12.1 Å². The van der Waals surface area contributed by atoms with Gasteiger partial charge < -0.3 is 4.90 Å². The normalized spacial score (nSPS) is 17.0. The average molecular weight is 380 g/mol. The Hall–Kier alpha value is -2.68. The largest absolute Gasteiger partial charge is 0.417 e. The number of halogens is 3. The van der Waals surface area contributed by atoms with Gasteiger partial charge in [0.05, 0.1) is 10.5 Å². The Morgan fingerprint density at radius 3 is 2.41 bits per heavy atom. The molecule has 144 valence electrons. The van der Waals surface area contributed by atoms with Crippen LogP contribution in [0.4, 0.5) is 24.7 Å². The maximum atomic E-state index is 12.6. The van der Waals surface area contributed by atoms with Crippen LogP contribution in [0.15, 0.2) is 42.6 Å². The van der Waals surface area contributed by atoms with Crippen molar-refractivity contribution in [1.29, 1.82) is 0 Å². The third kappa shape index (κ3) is 4.36. The minimum Gasteiger partial charge on any atom is -0.354 e. The Morgan fingerprint density at radius 1 is 1.15 bits per heavy atom. The van der Waals surface area contributed by atoms with Crippen molar-refractivity contribution >= 4 is 11.5 Å². The lowest BCUT2D eigenvalue weighted by Crippen LogP contribution is -2.47. The van der Waals surface area contributed by atoms with Crippen LogP contribution in [-0.4, -0.2) is 41.0 Å². The van der Waals surface area contributed by atoms with Crippen LogP contribution in [0.5, 0.6) is 0 Å². The molecule has 0 aliphatic carbocycles. The van der Waals surface area contributed by atoms with E-state index in [9.17, 15) is 23.3 Å². The summed E-state index contributed by atoms with van der Waals surface area (Å²) in [6.07, 6.45) is -3.54. The predicted octanol–water partition coefficient (Wildman–Crippen LogP) is 3.89. The van der Waals surface area contributed by atoms with Gasteiger partial charge in [-0.2, -0.15) is 13.2 Å². The first kappa shape index (κ1) is 19.1. The molecule has 1 aliphatic rings. The number of alkyl halides is 3. The van der Waals surface area contributed by atoms with Crippen molar-refractivity contribution in [3.63, 3.8) is 0 Å². The quantitative estimate of drug-likeness (QED) is 0.595. The summed E-state index contributed by atoms with van der Waals surface area (Å²) in [5, 5.41) is 10.9. The van der Waals surface area contributed by atoms with E-state index in [0.717, 1.165) is 17.8 Å². The monoisotopic (exact) mass is 380 g/mol. The van der Waals surface area contributed by atoms with E-state index in [2.05, 4.69) is 9.88 Å². The fourth-order valence-electron chi connectivity index (χ4n) is 3.19. The number of nitro groups is 1. The van der Waals surface area contributed by atoms with Crippen molar-refractivity contribution in [1.82, 2.24) is 9.88 Å². The second kappa shape index (κ2) is 7.51. The molecule has 0 N–H and O–H groups in total. The van der Waals surface area contributed by atoms with Crippen molar-refractivity contribution in [3.05, 3.63) is 63.8 Å². The highest BCUT2D eigenvalue weighted by Gasteiger charge is 2.31. The number of pyridine rings is 1. The third-order valence-corrected chi connectivity index (χ3v) is 4.82. The van der Waals surface area contributed by atoms with Gasteiger partial charge in [-0.3, -0.25) is 15.0 Å². The van der Waals surface area contributed by atoms with Gasteiger partial charge >= 0.3 is 6.18 Å². The molecule has 0 amide bonds. The molecule has 1 fully saturated rings. The van der Waals surface area contributed by atoms with Crippen molar-refractivity contribution in [2.24, 2.45) is 0 Å². The Morgan fingerprint density at radius 2 is 1.85 bits per heavy atom. The van der Waals surface area contributed by atoms with Crippen LogP contribution in [0.3, 0.4) is 0 Å². The number of benzene rings is 1. The first-order valence-electron chi connectivity index (χ1n) is 8.52. The minimum atomic E-state index is -4.39. The first-order chi connectivity index (χ1) is 12.8. The van der Waals surface area contributed by atoms with Gasteiger partial charge in [0.25, 0.3) is 5.69 Å². The van der Waals surface area contributed by atoms with Gasteiger partial charge in [-0.15, -0.1) is 0 Å². The zero-order valence-electron chi connectivity index (χ0n) is 14.7. The van der Waals surface area contributed by atoms with Crippen molar-refractivity contribution in [3.8, 4) is 0 Å². The first-order valence-corrected chi connectivity index (χ1v) is 8.52. The number of aromatic nitrogens is 1. The zero-order chi connectivity index (χ0) is 19.6. The van der Waals surface area contributed by atoms with E-state index >= 15 is 0 Å². The summed E-state index contributed by atoms with van der Waals surface area (Å²) in [5.41, 5.74) is 0.168. The molecule has 2 heterocycles. The third-order valence-electron chi connectivity index (χ3n) is 4.82. The van der Waals surface area contributed by atoms with Crippen LogP contribution in [0.25, 0.3) is 0 Å². The van der Waals surface area contributed by atoms with Crippen LogP contribution >= 0.6 is 0 Å². The van der Waals surface area contributed by atoms with E-state index in [4.69, 9.17) is 0 Å². The van der Waals surface area contributed by atoms with E-state index < -0.39 is 16.7 Å². The minimum absolute atomic E-state index is 0.00705. The molecule has 3 rings (SSSR count). The molecule has 1 saturated heterocycles. The van der Waals surface area contributed by atoms with E-state index in [1.807, 2.05) is 17.9 Å². The summed E-state index contributed by atoms with van der Waals surface area (Å²) < 4.78 is 37.9. The van der Waals surface area contributed by atoms with Gasteiger partial charge in [0.1, 0.15) is 5.82 Å². The maximum absolute atomic E-state index is 12.6. The number of anilines is 1. The van der Waals surface area contributed by atoms with Gasteiger partial charge in [-0.25, -0.2) is 4.98 Å². The molecule has 0 bridgehead atoms. The Balaban J connectivity index is 1.63. The maximum Gasteiger partial charge on any atom is 0.417 e. The molecule has 9 heteroatoms. The predicted molar refractivity (Wildman–Crippen MR) is 94.5 cm³/mol. The van der Waals surface area contributed by atoms with Crippen LogP contribution < -0.4 is 4.90 Å². The molecule has 1 atom stereocenters. The van der Waals surface area contributed by atoms with Crippen LogP contribution in [0.2, 0.25) is 0 Å².